The molecule has 4 nitrogen and oxygen atoms in total. The molecule has 0 saturated carbocycles. The number of rotatable bonds is 7. The van der Waals surface area contributed by atoms with Crippen molar-refractivity contribution in [2.75, 3.05) is 0 Å². The van der Waals surface area contributed by atoms with Crippen molar-refractivity contribution >= 4 is 27.8 Å². The van der Waals surface area contributed by atoms with Gasteiger partial charge in [0.2, 0.25) is 0 Å². The summed E-state index contributed by atoms with van der Waals surface area (Å²) in [5.74, 6) is 0.601. The van der Waals surface area contributed by atoms with Crippen LogP contribution in [0.15, 0.2) is 212 Å². The van der Waals surface area contributed by atoms with Gasteiger partial charge in [0.15, 0.2) is 0 Å². The lowest BCUT2D eigenvalue weighted by atomic mass is 9.76. The van der Waals surface area contributed by atoms with E-state index in [4.69, 9.17) is 4.99 Å². The van der Waals surface area contributed by atoms with Crippen molar-refractivity contribution in [3.8, 4) is 33.6 Å². The average molecular weight is 719 g/mol. The summed E-state index contributed by atoms with van der Waals surface area (Å²) in [6.07, 6.45) is 21.3. The number of nitrogens with zero attached hydrogens (tertiary/aromatic N) is 3. The Kier molecular flexibility index (Phi) is 8.69. The second-order valence-electron chi connectivity index (χ2n) is 14.5. The summed E-state index contributed by atoms with van der Waals surface area (Å²) >= 11 is 0. The maximum absolute atomic E-state index is 5.48. The Morgan fingerprint density at radius 3 is 1.89 bits per heavy atom. The maximum atomic E-state index is 5.48. The Bertz CT molecular complexity index is 2750. The van der Waals surface area contributed by atoms with Crippen LogP contribution in [0.1, 0.15) is 28.4 Å². The first-order valence-electron chi connectivity index (χ1n) is 19.2. The van der Waals surface area contributed by atoms with Crippen LogP contribution in [0.4, 0.5) is 0 Å². The fourth-order valence-corrected chi connectivity index (χ4v) is 8.13. The Hall–Kier alpha value is -7.17. The summed E-state index contributed by atoms with van der Waals surface area (Å²) in [5, 5.41) is 6.33. The molecule has 0 bridgehead atoms. The number of pyridine rings is 2. The highest BCUT2D eigenvalue weighted by Crippen LogP contribution is 2.41. The van der Waals surface area contributed by atoms with Gasteiger partial charge in [-0.3, -0.25) is 15.0 Å². The van der Waals surface area contributed by atoms with Crippen molar-refractivity contribution < 1.29 is 0 Å². The van der Waals surface area contributed by atoms with Gasteiger partial charge in [-0.05, 0) is 98.3 Å². The minimum absolute atomic E-state index is 0.268. The number of fused-ring (bicyclic) bond motifs is 2. The molecular weight excluding hydrogens is 681 g/mol. The zero-order chi connectivity index (χ0) is 37.3. The largest absolute Gasteiger partial charge is 0.360 e. The highest BCUT2D eigenvalue weighted by Gasteiger charge is 2.26. The van der Waals surface area contributed by atoms with Gasteiger partial charge in [-0.1, -0.05) is 146 Å². The van der Waals surface area contributed by atoms with Gasteiger partial charge in [0, 0.05) is 41.1 Å². The predicted molar refractivity (Wildman–Crippen MR) is 231 cm³/mol. The molecule has 7 aromatic rings. The second kappa shape index (κ2) is 14.6. The van der Waals surface area contributed by atoms with Crippen LogP contribution < -0.4 is 5.32 Å². The molecule has 3 heterocycles. The number of hydrogen-bond acceptors (Lipinski definition) is 4. The van der Waals surface area contributed by atoms with E-state index >= 15 is 0 Å². The van der Waals surface area contributed by atoms with E-state index in [1.54, 1.807) is 0 Å². The number of benzene rings is 5. The van der Waals surface area contributed by atoms with Crippen LogP contribution in [-0.2, 0) is 0 Å². The number of aromatic nitrogens is 2. The third-order valence-electron chi connectivity index (χ3n) is 11.0. The van der Waals surface area contributed by atoms with Crippen LogP contribution in [0.3, 0.4) is 0 Å². The molecular formula is C52H38N4. The number of hydrogen-bond donors (Lipinski definition) is 1. The van der Waals surface area contributed by atoms with Crippen LogP contribution in [-0.4, -0.2) is 15.7 Å². The van der Waals surface area contributed by atoms with E-state index in [0.29, 0.717) is 5.92 Å². The average Bonchev–Trinajstić information content (AvgIpc) is 3.29. The molecule has 2 aliphatic carbocycles. The first-order valence-corrected chi connectivity index (χ1v) is 19.2. The number of nitrogens with one attached hydrogen (secondary N) is 1. The van der Waals surface area contributed by atoms with Crippen molar-refractivity contribution in [1.29, 1.82) is 0 Å². The molecule has 0 fully saturated rings. The second-order valence-corrected chi connectivity index (χ2v) is 14.5. The van der Waals surface area contributed by atoms with Crippen LogP contribution >= 0.6 is 0 Å². The summed E-state index contributed by atoms with van der Waals surface area (Å²) in [6, 6.07) is 51.5. The molecule has 5 aromatic carbocycles. The molecule has 3 aliphatic rings. The summed E-state index contributed by atoms with van der Waals surface area (Å²) in [6.45, 7) is 0. The van der Waals surface area contributed by atoms with Crippen LogP contribution in [0.2, 0.25) is 0 Å². The van der Waals surface area contributed by atoms with Gasteiger partial charge < -0.3 is 5.32 Å². The van der Waals surface area contributed by atoms with Gasteiger partial charge in [-0.15, -0.1) is 0 Å². The Labute approximate surface area is 327 Å². The minimum atomic E-state index is -0.345. The Balaban J connectivity index is 1.11. The molecule has 56 heavy (non-hydrogen) atoms. The van der Waals surface area contributed by atoms with E-state index in [1.807, 2.05) is 48.8 Å². The molecule has 10 rings (SSSR count). The van der Waals surface area contributed by atoms with Gasteiger partial charge in [-0.25, -0.2) is 0 Å². The SMILES string of the molecule is C1=CC2C=CC=C(c3cc(-c4cccc5ccccc45)cc(C4N=C(c5ccc(-c6ccccn6)cc5)C=C(c5ccc(-c6ccccn6)cc5)N4)c3)C2C=C1. The lowest BCUT2D eigenvalue weighted by molar-refractivity contribution is 0.661. The molecule has 4 heteroatoms. The van der Waals surface area contributed by atoms with Gasteiger partial charge in [-0.2, -0.15) is 0 Å². The van der Waals surface area contributed by atoms with E-state index in [2.05, 4.69) is 173 Å². The van der Waals surface area contributed by atoms with E-state index < -0.39 is 0 Å². The molecule has 2 aromatic heterocycles. The van der Waals surface area contributed by atoms with E-state index in [1.165, 1.54) is 33.0 Å². The van der Waals surface area contributed by atoms with Gasteiger partial charge in [0.25, 0.3) is 0 Å². The normalized spacial score (nSPS) is 18.4. The minimum Gasteiger partial charge on any atom is -0.360 e. The van der Waals surface area contributed by atoms with Crippen molar-refractivity contribution in [2.24, 2.45) is 16.8 Å². The standard InChI is InChI=1S/C52H38N4/c1-3-15-44-35(11-1)13-9-17-46(44)41-31-42(47-18-10-14-36-12-2-4-16-45(36)47)33-43(32-41)52-55-50(39-25-21-37(22-26-39)48-19-5-7-29-53-48)34-51(56-52)40-27-23-38(24-28-40)49-20-6-8-30-54-49/h1-35,44,52,55H. The number of allylic oxidation sites excluding steroid dienone is 9. The lowest BCUT2D eigenvalue weighted by Crippen LogP contribution is -2.25. The van der Waals surface area contributed by atoms with Crippen LogP contribution in [0, 0.1) is 11.8 Å². The molecule has 0 radical (unpaired) electrons. The van der Waals surface area contributed by atoms with Crippen molar-refractivity contribution in [3.05, 3.63) is 229 Å². The lowest BCUT2D eigenvalue weighted by Gasteiger charge is -2.29. The molecule has 3 atom stereocenters. The first kappa shape index (κ1) is 33.4. The maximum Gasteiger partial charge on any atom is 0.145 e. The third kappa shape index (κ3) is 6.52. The number of aliphatic imine (C=N–C) groups is 1. The van der Waals surface area contributed by atoms with Gasteiger partial charge >= 0.3 is 0 Å². The smallest absolute Gasteiger partial charge is 0.145 e. The van der Waals surface area contributed by atoms with Crippen molar-refractivity contribution in [3.63, 3.8) is 0 Å². The van der Waals surface area contributed by atoms with Crippen LogP contribution in [0.25, 0.3) is 55.7 Å². The van der Waals surface area contributed by atoms with E-state index in [-0.39, 0.29) is 12.1 Å². The third-order valence-corrected chi connectivity index (χ3v) is 11.0. The quantitative estimate of drug-likeness (QED) is 0.178. The van der Waals surface area contributed by atoms with Gasteiger partial charge in [0.1, 0.15) is 6.17 Å². The Morgan fingerprint density at radius 1 is 0.500 bits per heavy atom. The first-order chi connectivity index (χ1) is 27.7. The summed E-state index contributed by atoms with van der Waals surface area (Å²) < 4.78 is 0. The van der Waals surface area contributed by atoms with Crippen molar-refractivity contribution in [1.82, 2.24) is 15.3 Å². The molecule has 3 unspecified atom stereocenters. The molecule has 0 spiro atoms. The monoisotopic (exact) mass is 718 g/mol. The van der Waals surface area contributed by atoms with E-state index in [0.717, 1.165) is 50.6 Å². The topological polar surface area (TPSA) is 50.2 Å². The summed E-state index contributed by atoms with van der Waals surface area (Å²) in [4.78, 5) is 14.6. The summed E-state index contributed by atoms with van der Waals surface area (Å²) in [7, 11) is 0. The molecule has 1 N–H and O–H groups in total. The molecule has 0 amide bonds. The molecule has 1 aliphatic heterocycles. The molecule has 0 saturated heterocycles. The zero-order valence-corrected chi connectivity index (χ0v) is 30.7. The molecule has 266 valence electrons. The fraction of sp³-hybridized carbons (Fsp3) is 0.0577. The van der Waals surface area contributed by atoms with E-state index in [9.17, 15) is 0 Å². The fourth-order valence-electron chi connectivity index (χ4n) is 8.13. The van der Waals surface area contributed by atoms with Crippen LogP contribution in [0.5, 0.6) is 0 Å². The summed E-state index contributed by atoms with van der Waals surface area (Å²) in [5.41, 5.74) is 14.1. The predicted octanol–water partition coefficient (Wildman–Crippen LogP) is 12.1. The highest BCUT2D eigenvalue weighted by molar-refractivity contribution is 6.13. The highest BCUT2D eigenvalue weighted by atomic mass is 15.1. The van der Waals surface area contributed by atoms with Gasteiger partial charge in [0.05, 0.1) is 17.1 Å². The zero-order valence-electron chi connectivity index (χ0n) is 30.7. The Morgan fingerprint density at radius 2 is 1.14 bits per heavy atom. The van der Waals surface area contributed by atoms with Crippen molar-refractivity contribution in [2.45, 2.75) is 6.17 Å².